The van der Waals surface area contributed by atoms with Crippen molar-refractivity contribution in [3.05, 3.63) is 48.0 Å². The van der Waals surface area contributed by atoms with Crippen LogP contribution in [0.25, 0.3) is 0 Å². The second kappa shape index (κ2) is 30.8. The summed E-state index contributed by atoms with van der Waals surface area (Å²) in [6, 6.07) is 6.80. The van der Waals surface area contributed by atoms with E-state index in [4.69, 9.17) is 18.9 Å². The third-order valence-electron chi connectivity index (χ3n) is 15.0. The van der Waals surface area contributed by atoms with Gasteiger partial charge in [0, 0.05) is 66.6 Å². The number of carbonyl (C=O) groups excluding carboxylic acids is 6. The maximum atomic E-state index is 14.8. The first-order valence-corrected chi connectivity index (χ1v) is 26.6. The first kappa shape index (κ1) is 61.1. The van der Waals surface area contributed by atoms with E-state index in [2.05, 4.69) is 5.32 Å². The lowest BCUT2D eigenvalue weighted by Gasteiger charge is -2.41. The van der Waals surface area contributed by atoms with Crippen LogP contribution in [0.3, 0.4) is 0 Å². The normalized spacial score (nSPS) is 21.6. The molecule has 2 aliphatic rings. The van der Waals surface area contributed by atoms with Crippen LogP contribution in [-0.4, -0.2) is 145 Å². The van der Waals surface area contributed by atoms with E-state index in [-0.39, 0.29) is 65.9 Å². The van der Waals surface area contributed by atoms with E-state index in [1.165, 1.54) is 4.90 Å². The summed E-state index contributed by atoms with van der Waals surface area (Å²) < 4.78 is 24.4. The lowest BCUT2D eigenvalue weighted by Crippen LogP contribution is -2.55. The smallest absolute Gasteiger partial charge is 0.410 e. The average Bonchev–Trinajstić information content (AvgIpc) is 3.82. The Bertz CT molecular complexity index is 1840. The molecule has 402 valence electrons. The zero-order chi connectivity index (χ0) is 52.9. The molecule has 1 saturated heterocycles. The van der Waals surface area contributed by atoms with Crippen molar-refractivity contribution < 1.29 is 52.8 Å². The number of aliphatic hydroxyl groups is 1. The number of nitrogens with one attached hydrogen (secondary N) is 1. The van der Waals surface area contributed by atoms with Crippen LogP contribution >= 0.6 is 0 Å². The van der Waals surface area contributed by atoms with Gasteiger partial charge in [-0.25, -0.2) is 4.79 Å². The van der Waals surface area contributed by atoms with Crippen molar-refractivity contribution in [1.82, 2.24) is 20.0 Å². The van der Waals surface area contributed by atoms with Gasteiger partial charge in [0.15, 0.2) is 5.78 Å². The van der Waals surface area contributed by atoms with E-state index < -0.39 is 66.6 Å². The van der Waals surface area contributed by atoms with Crippen LogP contribution in [0.5, 0.6) is 0 Å². The lowest BCUT2D eigenvalue weighted by atomic mass is 9.83. The number of nitrogens with zero attached hydrogens (tertiary/aromatic N) is 3. The molecule has 9 unspecified atom stereocenters. The highest BCUT2D eigenvalue weighted by molar-refractivity contribution is 5.92. The highest BCUT2D eigenvalue weighted by atomic mass is 16.6. The molecule has 15 heteroatoms. The highest BCUT2D eigenvalue weighted by Crippen LogP contribution is 2.32. The summed E-state index contributed by atoms with van der Waals surface area (Å²) in [6.07, 6.45) is 7.70. The molecule has 0 radical (unpaired) electrons. The number of likely N-dealkylation sites (tertiary alicyclic amines) is 1. The van der Waals surface area contributed by atoms with Crippen LogP contribution in [0.15, 0.2) is 42.5 Å². The molecule has 1 fully saturated rings. The van der Waals surface area contributed by atoms with Gasteiger partial charge in [-0.2, -0.15) is 0 Å². The quantitative estimate of drug-likeness (QED) is 0.0580. The predicted molar refractivity (Wildman–Crippen MR) is 276 cm³/mol. The standard InChI is InChI=1S/C56H92N4O11/c1-14-25-42(61)28-24-33-70-46-30-21-16-17-22-31-47(46)71-56(67)59(11)50(37(5)6)45(62)34-43(36(3)4)55(66)58(10)51(38(7)15-2)48(68-12)35-49(63)60-32-23-29-44(60)53(69-13)39(8)54(65)57-40(9)52(64)41-26-19-18-20-27-41/h18-20,22,26-27,31,36-40,43-44,46-48,50-53,64H,14-17,21,23-25,28-30,32-35H2,1-13H3,(H,57,65)/b31-22+/t38-,39?,40+,43?,44?,46?,47?,48?,50?,51?,52+,53?/m0/s1. The molecule has 1 aliphatic carbocycles. The predicted octanol–water partition coefficient (Wildman–Crippen LogP) is 8.50. The van der Waals surface area contributed by atoms with Gasteiger partial charge in [-0.15, -0.1) is 0 Å². The Hall–Kier alpha value is -4.18. The second-order valence-corrected chi connectivity index (χ2v) is 20.9. The van der Waals surface area contributed by atoms with Gasteiger partial charge in [0.25, 0.3) is 0 Å². The Balaban J connectivity index is 1.76. The number of hydrogen-bond acceptors (Lipinski definition) is 11. The van der Waals surface area contributed by atoms with E-state index in [9.17, 15) is 33.9 Å². The molecule has 1 aromatic rings. The average molecular weight is 997 g/mol. The topological polar surface area (TPSA) is 181 Å². The van der Waals surface area contributed by atoms with Gasteiger partial charge in [0.2, 0.25) is 17.7 Å². The Kier molecular flexibility index (Phi) is 26.5. The molecule has 2 N–H and O–H groups in total. The fourth-order valence-electron chi connectivity index (χ4n) is 10.6. The maximum Gasteiger partial charge on any atom is 0.410 e. The van der Waals surface area contributed by atoms with Gasteiger partial charge in [-0.3, -0.25) is 24.0 Å². The number of carbonyl (C=O) groups is 6. The highest BCUT2D eigenvalue weighted by Gasteiger charge is 2.44. The minimum atomic E-state index is -0.905. The number of methoxy groups -OCH3 is 2. The van der Waals surface area contributed by atoms with Crippen molar-refractivity contribution >= 4 is 35.4 Å². The van der Waals surface area contributed by atoms with Crippen LogP contribution < -0.4 is 5.32 Å². The summed E-state index contributed by atoms with van der Waals surface area (Å²) >= 11 is 0. The molecule has 0 saturated carbocycles. The van der Waals surface area contributed by atoms with Crippen molar-refractivity contribution in [2.45, 2.75) is 200 Å². The molecular weight excluding hydrogens is 905 g/mol. The number of ether oxygens (including phenoxy) is 4. The molecule has 12 atom stereocenters. The number of Topliss-reactive ketones (excluding diaryl/α,β-unsaturated/α-hetero) is 2. The van der Waals surface area contributed by atoms with Crippen molar-refractivity contribution in [2.75, 3.05) is 41.5 Å². The third kappa shape index (κ3) is 17.8. The minimum absolute atomic E-state index is 0.0226. The van der Waals surface area contributed by atoms with Gasteiger partial charge < -0.3 is 44.1 Å². The molecule has 1 aromatic carbocycles. The van der Waals surface area contributed by atoms with Crippen LogP contribution in [0, 0.1) is 29.6 Å². The molecule has 71 heavy (non-hydrogen) atoms. The number of aliphatic hydroxyl groups excluding tert-OH is 1. The fourth-order valence-corrected chi connectivity index (χ4v) is 10.6. The number of rotatable bonds is 29. The Morgan fingerprint density at radius 1 is 0.845 bits per heavy atom. The van der Waals surface area contributed by atoms with Crippen LogP contribution in [-0.2, 0) is 42.9 Å². The Morgan fingerprint density at radius 2 is 1.54 bits per heavy atom. The number of amides is 4. The van der Waals surface area contributed by atoms with E-state index in [0.717, 1.165) is 32.1 Å². The second-order valence-electron chi connectivity index (χ2n) is 20.9. The Morgan fingerprint density at radius 3 is 2.14 bits per heavy atom. The molecule has 3 rings (SSSR count). The zero-order valence-electron chi connectivity index (χ0n) is 45.6. The SMILES string of the molecule is CCCC(=O)CCCOC1CCCC/C=C/C1OC(=O)N(C)C(C(=O)CC(C(=O)N(C)C(C(CC(=O)N1CCCC1C(OC)C(C)C(=O)N[C@H](C)[C@@H](O)c1ccccc1)OC)[C@@H](C)CC)C(C)C)C(C)C. The molecule has 0 spiro atoms. The van der Waals surface area contributed by atoms with Gasteiger partial charge in [-0.05, 0) is 81.3 Å². The molecule has 0 bridgehead atoms. The summed E-state index contributed by atoms with van der Waals surface area (Å²) in [5, 5.41) is 13.9. The van der Waals surface area contributed by atoms with Crippen molar-refractivity contribution in [1.29, 1.82) is 0 Å². The van der Waals surface area contributed by atoms with E-state index in [0.29, 0.717) is 57.2 Å². The Labute approximate surface area is 426 Å². The van der Waals surface area contributed by atoms with Crippen molar-refractivity contribution in [3.8, 4) is 0 Å². The monoisotopic (exact) mass is 997 g/mol. The van der Waals surface area contributed by atoms with Crippen molar-refractivity contribution in [3.63, 3.8) is 0 Å². The molecule has 0 aromatic heterocycles. The minimum Gasteiger partial charge on any atom is -0.439 e. The summed E-state index contributed by atoms with van der Waals surface area (Å²) in [4.78, 5) is 88.2. The van der Waals surface area contributed by atoms with Gasteiger partial charge in [0.1, 0.15) is 11.9 Å². The first-order chi connectivity index (χ1) is 33.7. The number of allylic oxidation sites excluding steroid dienone is 1. The third-order valence-corrected chi connectivity index (χ3v) is 15.0. The van der Waals surface area contributed by atoms with E-state index >= 15 is 0 Å². The van der Waals surface area contributed by atoms with Crippen molar-refractivity contribution in [2.24, 2.45) is 29.6 Å². The zero-order valence-corrected chi connectivity index (χ0v) is 45.6. The maximum absolute atomic E-state index is 14.8. The lowest BCUT2D eigenvalue weighted by molar-refractivity contribution is -0.149. The van der Waals surface area contributed by atoms with Gasteiger partial charge in [0.05, 0.1) is 60.9 Å². The van der Waals surface area contributed by atoms with Gasteiger partial charge >= 0.3 is 6.09 Å². The largest absolute Gasteiger partial charge is 0.439 e. The number of hydrogen-bond donors (Lipinski definition) is 2. The number of likely N-dealkylation sites (N-methyl/N-ethyl adjacent to an activating group) is 2. The summed E-state index contributed by atoms with van der Waals surface area (Å²) in [5.41, 5.74) is 0.694. The number of ketones is 2. The number of benzene rings is 1. The summed E-state index contributed by atoms with van der Waals surface area (Å²) in [7, 11) is 6.38. The molecular formula is C56H92N4O11. The first-order valence-electron chi connectivity index (χ1n) is 26.6. The molecule has 1 heterocycles. The van der Waals surface area contributed by atoms with Gasteiger partial charge in [-0.1, -0.05) is 105 Å². The molecule has 15 nitrogen and oxygen atoms in total. The molecule has 1 aliphatic heterocycles. The van der Waals surface area contributed by atoms with Crippen LogP contribution in [0.1, 0.15) is 157 Å². The summed E-state index contributed by atoms with van der Waals surface area (Å²) in [6.45, 7) is 18.0. The van der Waals surface area contributed by atoms with Crippen LogP contribution in [0.2, 0.25) is 0 Å². The van der Waals surface area contributed by atoms with Crippen LogP contribution in [0.4, 0.5) is 4.79 Å². The van der Waals surface area contributed by atoms with E-state index in [1.54, 1.807) is 52.0 Å². The van der Waals surface area contributed by atoms with E-state index in [1.807, 2.05) is 91.0 Å². The summed E-state index contributed by atoms with van der Waals surface area (Å²) in [5.74, 6) is -2.76. The molecule has 4 amide bonds. The fraction of sp³-hybridized carbons (Fsp3) is 0.750.